The standard InChI is InChI=1S/C34H58N6O6/c1-8-10-11-15-27(41)38-26(21-23-16-18-24(19-17-23)46-31(44)25(36)14-12-13-20-35)29(42)39-28(22(3)9-2)30(43)40-34(6,7)33(4,5)32(37)45/h16-19,22,25-26,28H,8-15,20-21,35-36H2,1-7H3,(H2,37,45)(H,38,41)(H,39,42)(H,40,43). The summed E-state index contributed by atoms with van der Waals surface area (Å²) >= 11 is 0. The van der Waals surface area contributed by atoms with Crippen molar-refractivity contribution < 1.29 is 28.7 Å². The molecule has 46 heavy (non-hydrogen) atoms. The van der Waals surface area contributed by atoms with Gasteiger partial charge in [-0.2, -0.15) is 0 Å². The summed E-state index contributed by atoms with van der Waals surface area (Å²) in [7, 11) is 0. The number of nitrogens with one attached hydrogen (secondary N) is 3. The van der Waals surface area contributed by atoms with Gasteiger partial charge < -0.3 is 37.9 Å². The van der Waals surface area contributed by atoms with Crippen LogP contribution in [0.15, 0.2) is 24.3 Å². The maximum Gasteiger partial charge on any atom is 0.328 e. The Morgan fingerprint density at radius 2 is 1.52 bits per heavy atom. The molecule has 0 aliphatic heterocycles. The second-order valence-electron chi connectivity index (χ2n) is 13.2. The Hall–Kier alpha value is -3.51. The Kier molecular flexibility index (Phi) is 16.9. The highest BCUT2D eigenvalue weighted by molar-refractivity contribution is 5.93. The minimum Gasteiger partial charge on any atom is -0.425 e. The van der Waals surface area contributed by atoms with Crippen LogP contribution in [0.2, 0.25) is 0 Å². The lowest BCUT2D eigenvalue weighted by Gasteiger charge is -2.41. The first-order chi connectivity index (χ1) is 21.5. The number of ether oxygens (including phenoxy) is 1. The molecule has 0 bridgehead atoms. The highest BCUT2D eigenvalue weighted by Crippen LogP contribution is 2.30. The van der Waals surface area contributed by atoms with Crippen molar-refractivity contribution in [2.24, 2.45) is 28.5 Å². The molecule has 0 aromatic heterocycles. The van der Waals surface area contributed by atoms with Crippen LogP contribution >= 0.6 is 0 Å². The predicted molar refractivity (Wildman–Crippen MR) is 179 cm³/mol. The van der Waals surface area contributed by atoms with E-state index in [1.54, 1.807) is 52.0 Å². The fraction of sp³-hybridized carbons (Fsp3) is 0.676. The van der Waals surface area contributed by atoms with E-state index in [4.69, 9.17) is 21.9 Å². The van der Waals surface area contributed by atoms with E-state index in [1.807, 2.05) is 20.8 Å². The number of unbranched alkanes of at least 4 members (excludes halogenated alkanes) is 3. The second-order valence-corrected chi connectivity index (χ2v) is 13.2. The van der Waals surface area contributed by atoms with Gasteiger partial charge in [-0.05, 0) is 77.1 Å². The van der Waals surface area contributed by atoms with E-state index in [0.717, 1.165) is 25.7 Å². The van der Waals surface area contributed by atoms with Crippen molar-refractivity contribution in [1.82, 2.24) is 16.0 Å². The van der Waals surface area contributed by atoms with Gasteiger partial charge in [-0.25, -0.2) is 4.79 Å². The molecular weight excluding hydrogens is 588 g/mol. The zero-order valence-corrected chi connectivity index (χ0v) is 28.9. The predicted octanol–water partition coefficient (Wildman–Crippen LogP) is 2.59. The van der Waals surface area contributed by atoms with Crippen molar-refractivity contribution in [3.8, 4) is 5.75 Å². The Bertz CT molecular complexity index is 1150. The van der Waals surface area contributed by atoms with Crippen LogP contribution in [0.25, 0.3) is 0 Å². The number of carbonyl (C=O) groups is 5. The van der Waals surface area contributed by atoms with Crippen LogP contribution in [0.4, 0.5) is 0 Å². The molecule has 0 heterocycles. The Morgan fingerprint density at radius 3 is 2.07 bits per heavy atom. The molecule has 1 rings (SSSR count). The first kappa shape index (κ1) is 40.5. The van der Waals surface area contributed by atoms with Crippen molar-refractivity contribution in [2.45, 2.75) is 130 Å². The number of benzene rings is 1. The lowest BCUT2D eigenvalue weighted by atomic mass is 9.73. The maximum absolute atomic E-state index is 13.7. The number of hydrogen-bond donors (Lipinski definition) is 6. The van der Waals surface area contributed by atoms with Crippen LogP contribution < -0.4 is 37.9 Å². The molecule has 0 fully saturated rings. The number of carbonyl (C=O) groups excluding carboxylic acids is 5. The van der Waals surface area contributed by atoms with Gasteiger partial charge in [0, 0.05) is 18.4 Å². The number of amides is 4. The molecule has 1 aromatic rings. The summed E-state index contributed by atoms with van der Waals surface area (Å²) in [5.41, 5.74) is 15.7. The molecule has 9 N–H and O–H groups in total. The first-order valence-corrected chi connectivity index (χ1v) is 16.5. The Balaban J connectivity index is 3.17. The number of primary amides is 1. The van der Waals surface area contributed by atoms with Gasteiger partial charge in [0.05, 0.1) is 5.41 Å². The number of hydrogen-bond acceptors (Lipinski definition) is 8. The zero-order chi connectivity index (χ0) is 35.1. The van der Waals surface area contributed by atoms with Crippen molar-refractivity contribution >= 4 is 29.6 Å². The number of nitrogens with two attached hydrogens (primary N) is 3. The molecule has 0 spiro atoms. The van der Waals surface area contributed by atoms with Gasteiger partial charge in [-0.1, -0.05) is 58.6 Å². The van der Waals surface area contributed by atoms with Crippen molar-refractivity contribution in [1.29, 1.82) is 0 Å². The summed E-state index contributed by atoms with van der Waals surface area (Å²) in [6.07, 6.45) is 5.47. The SMILES string of the molecule is CCCCCC(=O)NC(Cc1ccc(OC(=O)C(N)CCCCN)cc1)C(=O)NC(C(=O)NC(C)(C)C(C)(C)C(N)=O)C(C)CC. The van der Waals surface area contributed by atoms with E-state index in [9.17, 15) is 24.0 Å². The van der Waals surface area contributed by atoms with Gasteiger partial charge in [0.1, 0.15) is 23.9 Å². The van der Waals surface area contributed by atoms with Crippen LogP contribution in [0.3, 0.4) is 0 Å². The summed E-state index contributed by atoms with van der Waals surface area (Å²) in [5.74, 6) is -2.30. The minimum absolute atomic E-state index is 0.132. The second kappa shape index (κ2) is 19.2. The molecule has 0 aliphatic rings. The molecule has 0 radical (unpaired) electrons. The van der Waals surface area contributed by atoms with Crippen molar-refractivity contribution in [3.05, 3.63) is 29.8 Å². The third kappa shape index (κ3) is 12.7. The van der Waals surface area contributed by atoms with Crippen LogP contribution in [0.5, 0.6) is 5.75 Å². The Morgan fingerprint density at radius 1 is 0.891 bits per heavy atom. The fourth-order valence-electron chi connectivity index (χ4n) is 4.56. The topological polar surface area (TPSA) is 209 Å². The van der Waals surface area contributed by atoms with Crippen LogP contribution in [0.1, 0.15) is 105 Å². The molecule has 1 aromatic carbocycles. The summed E-state index contributed by atoms with van der Waals surface area (Å²) in [6, 6.07) is 3.96. The average Bonchev–Trinajstić information content (AvgIpc) is 2.99. The fourth-order valence-corrected chi connectivity index (χ4v) is 4.56. The lowest BCUT2D eigenvalue weighted by molar-refractivity contribution is -0.137. The van der Waals surface area contributed by atoms with Gasteiger partial charge in [-0.3, -0.25) is 19.2 Å². The monoisotopic (exact) mass is 646 g/mol. The largest absolute Gasteiger partial charge is 0.425 e. The lowest BCUT2D eigenvalue weighted by Crippen LogP contribution is -2.63. The van der Waals surface area contributed by atoms with Gasteiger partial charge in [0.15, 0.2) is 0 Å². The third-order valence-corrected chi connectivity index (χ3v) is 8.92. The normalized spacial score (nSPS) is 14.4. The first-order valence-electron chi connectivity index (χ1n) is 16.5. The highest BCUT2D eigenvalue weighted by atomic mass is 16.5. The summed E-state index contributed by atoms with van der Waals surface area (Å²) in [6.45, 7) is 13.0. The van der Waals surface area contributed by atoms with Gasteiger partial charge in [-0.15, -0.1) is 0 Å². The smallest absolute Gasteiger partial charge is 0.328 e. The zero-order valence-electron chi connectivity index (χ0n) is 28.9. The summed E-state index contributed by atoms with van der Waals surface area (Å²) < 4.78 is 5.41. The molecule has 0 saturated carbocycles. The molecule has 12 nitrogen and oxygen atoms in total. The molecule has 4 amide bonds. The third-order valence-electron chi connectivity index (χ3n) is 8.92. The molecule has 0 saturated heterocycles. The van der Waals surface area contributed by atoms with E-state index in [-0.39, 0.29) is 24.7 Å². The molecule has 0 aliphatic carbocycles. The number of esters is 1. The highest BCUT2D eigenvalue weighted by Gasteiger charge is 2.44. The number of rotatable bonds is 21. The quantitative estimate of drug-likeness (QED) is 0.0663. The summed E-state index contributed by atoms with van der Waals surface area (Å²) in [4.78, 5) is 64.6. The molecule has 260 valence electrons. The van der Waals surface area contributed by atoms with E-state index in [2.05, 4.69) is 16.0 Å². The minimum atomic E-state index is -1.07. The molecule has 4 atom stereocenters. The van der Waals surface area contributed by atoms with Crippen LogP contribution in [-0.4, -0.2) is 59.8 Å². The van der Waals surface area contributed by atoms with E-state index < -0.39 is 52.8 Å². The van der Waals surface area contributed by atoms with Crippen molar-refractivity contribution in [2.75, 3.05) is 6.54 Å². The summed E-state index contributed by atoms with van der Waals surface area (Å²) in [5, 5.41) is 8.61. The molecular formula is C34H58N6O6. The average molecular weight is 647 g/mol. The van der Waals surface area contributed by atoms with E-state index in [1.165, 1.54) is 0 Å². The molecule has 12 heteroatoms. The van der Waals surface area contributed by atoms with Gasteiger partial charge in [0.2, 0.25) is 23.6 Å². The van der Waals surface area contributed by atoms with Gasteiger partial charge in [0.25, 0.3) is 0 Å². The van der Waals surface area contributed by atoms with Crippen molar-refractivity contribution in [3.63, 3.8) is 0 Å². The van der Waals surface area contributed by atoms with Crippen LogP contribution in [0, 0.1) is 11.3 Å². The van der Waals surface area contributed by atoms with Crippen LogP contribution in [-0.2, 0) is 30.4 Å². The Labute approximate surface area is 274 Å². The maximum atomic E-state index is 13.7. The van der Waals surface area contributed by atoms with Gasteiger partial charge >= 0.3 is 5.97 Å². The van der Waals surface area contributed by atoms with E-state index in [0.29, 0.717) is 37.1 Å². The van der Waals surface area contributed by atoms with E-state index >= 15 is 0 Å². The molecule has 4 unspecified atom stereocenters.